The first-order valence-corrected chi connectivity index (χ1v) is 10.2. The van der Waals surface area contributed by atoms with Crippen molar-refractivity contribution in [2.24, 2.45) is 5.92 Å². The highest BCUT2D eigenvalue weighted by atomic mass is 35.5. The lowest BCUT2D eigenvalue weighted by atomic mass is 9.99. The number of esters is 1. The van der Waals surface area contributed by atoms with E-state index < -0.39 is 12.1 Å². The molecule has 1 amide bonds. The van der Waals surface area contributed by atoms with E-state index in [9.17, 15) is 14.4 Å². The largest absolute Gasteiger partial charge is 0.445 e. The summed E-state index contributed by atoms with van der Waals surface area (Å²) in [4.78, 5) is 38.0. The molecule has 0 saturated heterocycles. The number of ketones is 1. The Morgan fingerprint density at radius 2 is 1.48 bits per heavy atom. The molecule has 0 aliphatic rings. The lowest BCUT2D eigenvalue weighted by Gasteiger charge is -2.18. The molecule has 31 heavy (non-hydrogen) atoms. The van der Waals surface area contributed by atoms with E-state index in [1.165, 1.54) is 6.07 Å². The van der Waals surface area contributed by atoms with Gasteiger partial charge in [-0.1, -0.05) is 74.0 Å². The van der Waals surface area contributed by atoms with Crippen molar-refractivity contribution in [1.82, 2.24) is 0 Å². The van der Waals surface area contributed by atoms with E-state index in [1.54, 1.807) is 86.6 Å². The molecule has 158 valence electrons. The molecule has 0 aliphatic heterocycles. The predicted molar refractivity (Wildman–Crippen MR) is 120 cm³/mol. The number of hydrogen-bond acceptors (Lipinski definition) is 4. The second kappa shape index (κ2) is 10.0. The minimum absolute atomic E-state index is 0.163. The van der Waals surface area contributed by atoms with Gasteiger partial charge in [-0.2, -0.15) is 0 Å². The first-order chi connectivity index (χ1) is 14.8. The lowest BCUT2D eigenvalue weighted by Crippen LogP contribution is -2.21. The molecule has 3 rings (SSSR count). The number of nitrogens with one attached hydrogen (secondary N) is 1. The molecule has 0 spiro atoms. The maximum absolute atomic E-state index is 13.1. The number of benzene rings is 3. The smallest absolute Gasteiger partial charge is 0.339 e. The summed E-state index contributed by atoms with van der Waals surface area (Å²) in [7, 11) is 0. The number of rotatable bonds is 7. The van der Waals surface area contributed by atoms with Crippen molar-refractivity contribution in [3.05, 3.63) is 101 Å². The minimum atomic E-state index is -1.14. The fraction of sp³-hybridized carbons (Fsp3) is 0.160. The number of halogens is 1. The summed E-state index contributed by atoms with van der Waals surface area (Å²) in [5, 5.41) is 3.26. The van der Waals surface area contributed by atoms with E-state index in [0.717, 1.165) is 0 Å². The predicted octanol–water partition coefficient (Wildman–Crippen LogP) is 5.72. The molecule has 1 N–H and O–H groups in total. The van der Waals surface area contributed by atoms with Crippen LogP contribution in [0.4, 0.5) is 5.69 Å². The highest BCUT2D eigenvalue weighted by molar-refractivity contribution is 6.30. The van der Waals surface area contributed by atoms with Gasteiger partial charge >= 0.3 is 5.97 Å². The van der Waals surface area contributed by atoms with Gasteiger partial charge in [-0.3, -0.25) is 9.59 Å². The molecule has 3 aromatic carbocycles. The summed E-state index contributed by atoms with van der Waals surface area (Å²) >= 11 is 5.97. The molecule has 0 unspecified atom stereocenters. The molecule has 3 aromatic rings. The van der Waals surface area contributed by atoms with E-state index in [2.05, 4.69) is 5.32 Å². The van der Waals surface area contributed by atoms with Crippen molar-refractivity contribution < 1.29 is 19.1 Å². The van der Waals surface area contributed by atoms with Gasteiger partial charge in [-0.05, 0) is 30.3 Å². The minimum Gasteiger partial charge on any atom is -0.445 e. The Morgan fingerprint density at radius 3 is 2.13 bits per heavy atom. The standard InChI is InChI=1S/C25H22ClNO4/c1-16(2)24(29)27-21-10-6-9-19(15-21)25(30)31-23(18-11-13-20(26)14-12-18)22(28)17-7-4-3-5-8-17/h3-16,23H,1-2H3,(H,27,29)/t23-/m0/s1. The molecule has 5 nitrogen and oxygen atoms in total. The van der Waals surface area contributed by atoms with Gasteiger partial charge in [0.15, 0.2) is 6.10 Å². The topological polar surface area (TPSA) is 72.5 Å². The Balaban J connectivity index is 1.87. The average molecular weight is 436 g/mol. The zero-order valence-electron chi connectivity index (χ0n) is 17.2. The Morgan fingerprint density at radius 1 is 0.839 bits per heavy atom. The van der Waals surface area contributed by atoms with Crippen molar-refractivity contribution in [2.45, 2.75) is 20.0 Å². The highest BCUT2D eigenvalue weighted by Crippen LogP contribution is 2.26. The van der Waals surface area contributed by atoms with Gasteiger partial charge in [0.1, 0.15) is 0 Å². The van der Waals surface area contributed by atoms with Crippen LogP contribution in [0, 0.1) is 5.92 Å². The molecule has 0 aliphatic carbocycles. The second-order valence-corrected chi connectivity index (χ2v) is 7.73. The van der Waals surface area contributed by atoms with Crippen LogP contribution in [-0.4, -0.2) is 17.7 Å². The van der Waals surface area contributed by atoms with Crippen LogP contribution in [0.3, 0.4) is 0 Å². The van der Waals surface area contributed by atoms with Gasteiger partial charge in [0.05, 0.1) is 5.56 Å². The summed E-state index contributed by atoms with van der Waals surface area (Å²) in [6.45, 7) is 3.55. The first kappa shape index (κ1) is 22.2. The van der Waals surface area contributed by atoms with Crippen molar-refractivity contribution in [3.8, 4) is 0 Å². The van der Waals surface area contributed by atoms with Crippen LogP contribution in [0.25, 0.3) is 0 Å². The Labute approximate surface area is 186 Å². The van der Waals surface area contributed by atoms with Gasteiger partial charge in [0.25, 0.3) is 0 Å². The zero-order valence-corrected chi connectivity index (χ0v) is 17.9. The molecule has 1 atom stereocenters. The molecule has 0 bridgehead atoms. The van der Waals surface area contributed by atoms with Crippen LogP contribution in [0.15, 0.2) is 78.9 Å². The summed E-state index contributed by atoms with van der Waals surface area (Å²) in [5.41, 5.74) is 1.64. The van der Waals surface area contributed by atoms with E-state index in [-0.39, 0.29) is 23.2 Å². The number of anilines is 1. The Hall–Kier alpha value is -3.44. The van der Waals surface area contributed by atoms with Crippen molar-refractivity contribution in [1.29, 1.82) is 0 Å². The van der Waals surface area contributed by atoms with Crippen molar-refractivity contribution in [2.75, 3.05) is 5.32 Å². The van der Waals surface area contributed by atoms with Crippen LogP contribution >= 0.6 is 11.6 Å². The SMILES string of the molecule is CC(C)C(=O)Nc1cccc(C(=O)O[C@H](C(=O)c2ccccc2)c2ccc(Cl)cc2)c1. The number of amides is 1. The van der Waals surface area contributed by atoms with Gasteiger partial charge in [-0.25, -0.2) is 4.79 Å². The second-order valence-electron chi connectivity index (χ2n) is 7.29. The summed E-state index contributed by atoms with van der Waals surface area (Å²) in [5.74, 6) is -1.39. The third kappa shape index (κ3) is 5.80. The van der Waals surface area contributed by atoms with Crippen LogP contribution in [0.2, 0.25) is 5.02 Å². The van der Waals surface area contributed by atoms with Gasteiger partial charge in [0, 0.05) is 27.8 Å². The normalized spacial score (nSPS) is 11.6. The van der Waals surface area contributed by atoms with E-state index in [0.29, 0.717) is 21.8 Å². The highest BCUT2D eigenvalue weighted by Gasteiger charge is 2.27. The fourth-order valence-electron chi connectivity index (χ4n) is 2.85. The molecular weight excluding hydrogens is 414 g/mol. The first-order valence-electron chi connectivity index (χ1n) is 9.82. The zero-order chi connectivity index (χ0) is 22.4. The van der Waals surface area contributed by atoms with Gasteiger partial charge < -0.3 is 10.1 Å². The number of hydrogen-bond donors (Lipinski definition) is 1. The third-order valence-corrected chi connectivity index (χ3v) is 4.84. The summed E-state index contributed by atoms with van der Waals surface area (Å²) in [6, 6.07) is 21.6. The molecule has 6 heteroatoms. The lowest BCUT2D eigenvalue weighted by molar-refractivity contribution is -0.118. The van der Waals surface area contributed by atoms with Crippen LogP contribution in [-0.2, 0) is 9.53 Å². The Bertz CT molecular complexity index is 1080. The number of Topliss-reactive ketones (excluding diaryl/α,β-unsaturated/α-hetero) is 1. The van der Waals surface area contributed by atoms with Crippen molar-refractivity contribution in [3.63, 3.8) is 0 Å². The molecule has 0 saturated carbocycles. The van der Waals surface area contributed by atoms with Crippen LogP contribution < -0.4 is 5.32 Å². The number of carbonyl (C=O) groups is 3. The molecule has 0 radical (unpaired) electrons. The van der Waals surface area contributed by atoms with E-state index in [1.807, 2.05) is 0 Å². The summed E-state index contributed by atoms with van der Waals surface area (Å²) in [6.07, 6.45) is -1.14. The van der Waals surface area contributed by atoms with Gasteiger partial charge in [0.2, 0.25) is 11.7 Å². The van der Waals surface area contributed by atoms with E-state index >= 15 is 0 Å². The fourth-order valence-corrected chi connectivity index (χ4v) is 2.98. The molecular formula is C25H22ClNO4. The summed E-state index contributed by atoms with van der Waals surface area (Å²) < 4.78 is 5.64. The third-order valence-electron chi connectivity index (χ3n) is 4.58. The molecule has 0 aromatic heterocycles. The van der Waals surface area contributed by atoms with Crippen LogP contribution in [0.1, 0.15) is 46.2 Å². The average Bonchev–Trinajstić information content (AvgIpc) is 2.78. The number of carbonyl (C=O) groups excluding carboxylic acids is 3. The maximum Gasteiger partial charge on any atom is 0.339 e. The van der Waals surface area contributed by atoms with Crippen LogP contribution in [0.5, 0.6) is 0 Å². The van der Waals surface area contributed by atoms with Crippen molar-refractivity contribution >= 4 is 34.9 Å². The molecule has 0 heterocycles. The maximum atomic E-state index is 13.1. The van der Waals surface area contributed by atoms with E-state index in [4.69, 9.17) is 16.3 Å². The monoisotopic (exact) mass is 435 g/mol. The quantitative estimate of drug-likeness (QED) is 0.380. The Kier molecular flexibility index (Phi) is 7.21. The van der Waals surface area contributed by atoms with Gasteiger partial charge in [-0.15, -0.1) is 0 Å². The number of ether oxygens (including phenoxy) is 1. The molecule has 0 fully saturated rings.